The van der Waals surface area contributed by atoms with Crippen LogP contribution in [-0.4, -0.2) is 25.3 Å². The summed E-state index contributed by atoms with van der Waals surface area (Å²) in [4.78, 5) is 4.07. The van der Waals surface area contributed by atoms with Crippen LogP contribution in [0, 0.1) is 0 Å². The normalized spacial score (nSPS) is 13.5. The van der Waals surface area contributed by atoms with E-state index in [0.29, 0.717) is 11.4 Å². The zero-order valence-corrected chi connectivity index (χ0v) is 9.71. The lowest BCUT2D eigenvalue weighted by Gasteiger charge is -2.18. The number of ether oxygens (including phenoxy) is 1. The zero-order valence-electron chi connectivity index (χ0n) is 9.71. The van der Waals surface area contributed by atoms with Crippen LogP contribution in [0.3, 0.4) is 0 Å². The first-order chi connectivity index (χ1) is 7.98. The van der Waals surface area contributed by atoms with E-state index >= 15 is 0 Å². The van der Waals surface area contributed by atoms with Crippen LogP contribution in [0.15, 0.2) is 18.3 Å². The highest BCUT2D eigenvalue weighted by atomic mass is 19.4. The molecule has 0 saturated carbocycles. The fourth-order valence-corrected chi connectivity index (χ4v) is 1.56. The third-order valence-corrected chi connectivity index (χ3v) is 2.41. The minimum Gasteiger partial charge on any atom is -0.495 e. The summed E-state index contributed by atoms with van der Waals surface area (Å²) in [7, 11) is 3.08. The molecule has 1 N–H and O–H groups in total. The van der Waals surface area contributed by atoms with Crippen LogP contribution in [0.2, 0.25) is 0 Å². The first kappa shape index (κ1) is 13.8. The van der Waals surface area contributed by atoms with E-state index in [-0.39, 0.29) is 6.42 Å². The van der Waals surface area contributed by atoms with E-state index in [2.05, 4.69) is 10.3 Å². The monoisotopic (exact) mass is 248 g/mol. The fourth-order valence-electron chi connectivity index (χ4n) is 1.56. The van der Waals surface area contributed by atoms with E-state index in [0.717, 1.165) is 0 Å². The van der Waals surface area contributed by atoms with Crippen molar-refractivity contribution in [3.8, 4) is 5.75 Å². The van der Waals surface area contributed by atoms with Gasteiger partial charge in [0.25, 0.3) is 0 Å². The predicted molar refractivity (Wildman–Crippen MR) is 57.9 cm³/mol. The van der Waals surface area contributed by atoms with Gasteiger partial charge in [-0.1, -0.05) is 0 Å². The van der Waals surface area contributed by atoms with E-state index < -0.39 is 18.6 Å². The molecule has 0 amide bonds. The summed E-state index contributed by atoms with van der Waals surface area (Å²) < 4.78 is 41.6. The number of pyridine rings is 1. The molecule has 1 aromatic rings. The average Bonchev–Trinajstić information content (AvgIpc) is 2.29. The quantitative estimate of drug-likeness (QED) is 0.870. The molecule has 96 valence electrons. The van der Waals surface area contributed by atoms with Crippen molar-refractivity contribution in [1.82, 2.24) is 10.3 Å². The molecule has 0 aromatic carbocycles. The van der Waals surface area contributed by atoms with Gasteiger partial charge in [0.05, 0.1) is 18.8 Å². The molecule has 1 rings (SSSR count). The Balaban J connectivity index is 2.79. The van der Waals surface area contributed by atoms with Crippen molar-refractivity contribution < 1.29 is 17.9 Å². The summed E-state index contributed by atoms with van der Waals surface area (Å²) in [6, 6.07) is 2.90. The van der Waals surface area contributed by atoms with Gasteiger partial charge in [0.1, 0.15) is 5.75 Å². The van der Waals surface area contributed by atoms with Crippen LogP contribution >= 0.6 is 0 Å². The van der Waals surface area contributed by atoms with Gasteiger partial charge in [-0.25, -0.2) is 0 Å². The molecule has 0 saturated heterocycles. The largest absolute Gasteiger partial charge is 0.495 e. The summed E-state index contributed by atoms with van der Waals surface area (Å²) in [5, 5.41) is 2.82. The minimum atomic E-state index is -4.16. The average molecular weight is 248 g/mol. The Labute approximate surface area is 98.0 Å². The van der Waals surface area contributed by atoms with Gasteiger partial charge in [0, 0.05) is 12.6 Å². The van der Waals surface area contributed by atoms with Gasteiger partial charge in [0.2, 0.25) is 0 Å². The number of nitrogens with zero attached hydrogens (tertiary/aromatic N) is 1. The SMILES string of the molecule is CNC(CCC(F)(F)F)c1ncccc1OC. The Morgan fingerprint density at radius 1 is 1.47 bits per heavy atom. The van der Waals surface area contributed by atoms with E-state index in [9.17, 15) is 13.2 Å². The van der Waals surface area contributed by atoms with E-state index in [1.54, 1.807) is 19.2 Å². The summed E-state index contributed by atoms with van der Waals surface area (Å²) >= 11 is 0. The predicted octanol–water partition coefficient (Wildman–Crippen LogP) is 2.69. The Bertz CT molecular complexity index is 355. The molecule has 0 spiro atoms. The third kappa shape index (κ3) is 4.22. The van der Waals surface area contributed by atoms with Crippen LogP contribution in [0.4, 0.5) is 13.2 Å². The number of aromatic nitrogens is 1. The first-order valence-corrected chi connectivity index (χ1v) is 5.21. The minimum absolute atomic E-state index is 0.0621. The second-order valence-corrected chi connectivity index (χ2v) is 3.59. The van der Waals surface area contributed by atoms with E-state index in [1.807, 2.05) is 0 Å². The van der Waals surface area contributed by atoms with Gasteiger partial charge < -0.3 is 10.1 Å². The van der Waals surface area contributed by atoms with Gasteiger partial charge in [0.15, 0.2) is 0 Å². The van der Waals surface area contributed by atoms with Crippen molar-refractivity contribution in [2.24, 2.45) is 0 Å². The molecule has 0 fully saturated rings. The molecule has 6 heteroatoms. The molecular weight excluding hydrogens is 233 g/mol. The number of methoxy groups -OCH3 is 1. The van der Waals surface area contributed by atoms with Gasteiger partial charge in [-0.2, -0.15) is 13.2 Å². The van der Waals surface area contributed by atoms with Gasteiger partial charge in [-0.05, 0) is 25.6 Å². The van der Waals surface area contributed by atoms with Gasteiger partial charge >= 0.3 is 6.18 Å². The maximum atomic E-state index is 12.2. The van der Waals surface area contributed by atoms with E-state index in [4.69, 9.17) is 4.74 Å². The smallest absolute Gasteiger partial charge is 0.389 e. The maximum Gasteiger partial charge on any atom is 0.389 e. The van der Waals surface area contributed by atoms with Crippen LogP contribution in [0.1, 0.15) is 24.6 Å². The first-order valence-electron chi connectivity index (χ1n) is 5.21. The van der Waals surface area contributed by atoms with Gasteiger partial charge in [-0.3, -0.25) is 4.98 Å². The molecule has 1 unspecified atom stereocenters. The Morgan fingerprint density at radius 3 is 2.71 bits per heavy atom. The van der Waals surface area contributed by atoms with Crippen molar-refractivity contribution >= 4 is 0 Å². The van der Waals surface area contributed by atoms with Crippen LogP contribution in [0.25, 0.3) is 0 Å². The molecule has 0 aliphatic rings. The topological polar surface area (TPSA) is 34.2 Å². The molecule has 1 aromatic heterocycles. The standard InChI is InChI=1S/C11H15F3N2O/c1-15-8(5-6-11(12,13)14)10-9(17-2)4-3-7-16-10/h3-4,7-8,15H,5-6H2,1-2H3. The number of alkyl halides is 3. The molecule has 0 radical (unpaired) electrons. The van der Waals surface area contributed by atoms with Crippen molar-refractivity contribution in [3.63, 3.8) is 0 Å². The lowest BCUT2D eigenvalue weighted by molar-refractivity contribution is -0.136. The number of rotatable bonds is 5. The molecule has 0 aliphatic carbocycles. The Morgan fingerprint density at radius 2 is 2.18 bits per heavy atom. The third-order valence-electron chi connectivity index (χ3n) is 2.41. The lowest BCUT2D eigenvalue weighted by atomic mass is 10.1. The molecule has 17 heavy (non-hydrogen) atoms. The highest BCUT2D eigenvalue weighted by molar-refractivity contribution is 5.29. The second kappa shape index (κ2) is 5.86. The summed E-state index contributed by atoms with van der Waals surface area (Å²) in [5.41, 5.74) is 0.502. The van der Waals surface area contributed by atoms with E-state index in [1.165, 1.54) is 13.3 Å². The Hall–Kier alpha value is -1.30. The number of hydrogen-bond acceptors (Lipinski definition) is 3. The van der Waals surface area contributed by atoms with Crippen molar-refractivity contribution in [1.29, 1.82) is 0 Å². The molecule has 1 heterocycles. The van der Waals surface area contributed by atoms with Crippen molar-refractivity contribution in [3.05, 3.63) is 24.0 Å². The van der Waals surface area contributed by atoms with Crippen molar-refractivity contribution in [2.75, 3.05) is 14.2 Å². The van der Waals surface area contributed by atoms with Gasteiger partial charge in [-0.15, -0.1) is 0 Å². The zero-order chi connectivity index (χ0) is 12.9. The van der Waals surface area contributed by atoms with Crippen LogP contribution < -0.4 is 10.1 Å². The molecule has 0 aliphatic heterocycles. The van der Waals surface area contributed by atoms with Crippen molar-refractivity contribution in [2.45, 2.75) is 25.1 Å². The molecular formula is C11H15F3N2O. The summed E-state index contributed by atoms with van der Waals surface area (Å²) in [6.07, 6.45) is -3.53. The highest BCUT2D eigenvalue weighted by Crippen LogP contribution is 2.30. The fraction of sp³-hybridized carbons (Fsp3) is 0.545. The number of nitrogens with one attached hydrogen (secondary N) is 1. The number of hydrogen-bond donors (Lipinski definition) is 1. The maximum absolute atomic E-state index is 12.2. The summed E-state index contributed by atoms with van der Waals surface area (Å²) in [6.45, 7) is 0. The van der Waals surface area contributed by atoms with Crippen LogP contribution in [-0.2, 0) is 0 Å². The highest BCUT2D eigenvalue weighted by Gasteiger charge is 2.29. The summed E-state index contributed by atoms with van der Waals surface area (Å²) in [5.74, 6) is 0.494. The Kier molecular flexibility index (Phi) is 4.74. The number of halogens is 3. The lowest BCUT2D eigenvalue weighted by Crippen LogP contribution is -2.21. The van der Waals surface area contributed by atoms with Crippen LogP contribution in [0.5, 0.6) is 5.75 Å². The molecule has 3 nitrogen and oxygen atoms in total. The molecule has 0 bridgehead atoms. The molecule has 1 atom stereocenters. The second-order valence-electron chi connectivity index (χ2n) is 3.59.